The molecule has 1 aliphatic heterocycles. The number of rotatable bonds is 4. The van der Waals surface area contributed by atoms with Crippen molar-refractivity contribution in [3.63, 3.8) is 0 Å². The van der Waals surface area contributed by atoms with Gasteiger partial charge in [-0.05, 0) is 80.4 Å². The molecule has 34 heavy (non-hydrogen) atoms. The number of carbonyl (C=O) groups excluding carboxylic acids is 2. The number of methoxy groups -OCH3 is 1. The van der Waals surface area contributed by atoms with Crippen LogP contribution in [0.4, 0.5) is 9.18 Å². The fourth-order valence-corrected chi connectivity index (χ4v) is 7.33. The van der Waals surface area contributed by atoms with E-state index in [1.807, 2.05) is 0 Å². The minimum absolute atomic E-state index is 0.0204. The third kappa shape index (κ3) is 3.51. The maximum Gasteiger partial charge on any atom is 0.410 e. The van der Waals surface area contributed by atoms with Gasteiger partial charge in [0.05, 0.1) is 24.2 Å². The van der Waals surface area contributed by atoms with Crippen molar-refractivity contribution in [3.8, 4) is 0 Å². The molecule has 0 unspecified atom stereocenters. The molecule has 7 rings (SSSR count). The summed E-state index contributed by atoms with van der Waals surface area (Å²) in [5.74, 6) is 1.54. The number of halogens is 1. The zero-order valence-electron chi connectivity index (χ0n) is 19.3. The summed E-state index contributed by atoms with van der Waals surface area (Å²) in [4.78, 5) is 39.9. The van der Waals surface area contributed by atoms with Crippen LogP contribution in [-0.2, 0) is 20.8 Å². The van der Waals surface area contributed by atoms with Gasteiger partial charge in [0.1, 0.15) is 18.5 Å². The average molecular weight is 472 g/mol. The number of carbonyl (C=O) groups is 2. The van der Waals surface area contributed by atoms with Crippen molar-refractivity contribution in [2.75, 3.05) is 20.2 Å². The molecule has 5 fully saturated rings. The first-order valence-electron chi connectivity index (χ1n) is 12.3. The molecule has 1 saturated heterocycles. The van der Waals surface area contributed by atoms with Gasteiger partial charge in [-0.25, -0.2) is 14.0 Å². The Morgan fingerprint density at radius 2 is 1.76 bits per heavy atom. The number of aromatic nitrogens is 2. The lowest BCUT2D eigenvalue weighted by Gasteiger charge is -2.53. The molecule has 1 aromatic carbocycles. The van der Waals surface area contributed by atoms with E-state index in [-0.39, 0.29) is 24.8 Å². The standard InChI is InChI=1S/C25H30FN3O5/c1-33-22(30)13-28-21-11-18(26)2-3-20(21)29(24(28)31)19-4-5-27(12-19)25(32)34-23-16-7-14-6-15(9-16)10-17(23)8-14/h2-3,11,14-17,19,23H,4-10,12-13H2,1H3/t14?,15?,16?,17?,19-,23?/m0/s1. The molecular weight excluding hydrogens is 441 g/mol. The van der Waals surface area contributed by atoms with Crippen molar-refractivity contribution in [3.05, 3.63) is 34.5 Å². The molecule has 1 aromatic heterocycles. The van der Waals surface area contributed by atoms with Gasteiger partial charge < -0.3 is 14.4 Å². The van der Waals surface area contributed by atoms with Crippen molar-refractivity contribution < 1.29 is 23.5 Å². The van der Waals surface area contributed by atoms with Crippen LogP contribution >= 0.6 is 0 Å². The second-order valence-corrected chi connectivity index (χ2v) is 10.6. The maximum atomic E-state index is 14.0. The van der Waals surface area contributed by atoms with Gasteiger partial charge in [0, 0.05) is 13.1 Å². The second-order valence-electron chi connectivity index (χ2n) is 10.6. The van der Waals surface area contributed by atoms with Crippen molar-refractivity contribution in [2.24, 2.45) is 23.7 Å². The van der Waals surface area contributed by atoms with E-state index in [1.165, 1.54) is 55.9 Å². The van der Waals surface area contributed by atoms with Gasteiger partial charge in [-0.2, -0.15) is 0 Å². The predicted octanol–water partition coefficient (Wildman–Crippen LogP) is 3.32. The first-order chi connectivity index (χ1) is 16.4. The van der Waals surface area contributed by atoms with Gasteiger partial charge in [0.25, 0.3) is 0 Å². The Bertz CT molecular complexity index is 1180. The van der Waals surface area contributed by atoms with Crippen LogP contribution in [-0.4, -0.2) is 52.4 Å². The first-order valence-corrected chi connectivity index (χ1v) is 12.3. The van der Waals surface area contributed by atoms with Gasteiger partial charge in [0.15, 0.2) is 0 Å². The third-order valence-electron chi connectivity index (χ3n) is 8.60. The quantitative estimate of drug-likeness (QED) is 0.639. The molecule has 1 amide bonds. The van der Waals surface area contributed by atoms with Crippen LogP contribution in [0.1, 0.15) is 44.6 Å². The van der Waals surface area contributed by atoms with Crippen LogP contribution in [0.15, 0.2) is 23.0 Å². The number of benzene rings is 1. The van der Waals surface area contributed by atoms with Gasteiger partial charge in [-0.15, -0.1) is 0 Å². The maximum absolute atomic E-state index is 14.0. The SMILES string of the molecule is COC(=O)Cn1c(=O)n([C@H]2CCN(C(=O)OC3C4CC5CC(C4)CC3C5)C2)c2ccc(F)cc21. The Morgan fingerprint density at radius 3 is 2.44 bits per heavy atom. The van der Waals surface area contributed by atoms with Crippen molar-refractivity contribution >= 4 is 23.1 Å². The highest BCUT2D eigenvalue weighted by atomic mass is 19.1. The highest BCUT2D eigenvalue weighted by Gasteiger charge is 2.50. The number of nitrogens with zero attached hydrogens (tertiary/aromatic N) is 3. The molecule has 0 spiro atoms. The van der Waals surface area contributed by atoms with Crippen molar-refractivity contribution in [1.82, 2.24) is 14.0 Å². The van der Waals surface area contributed by atoms with Crippen LogP contribution in [0.2, 0.25) is 0 Å². The molecule has 0 radical (unpaired) electrons. The Kier molecular flexibility index (Phi) is 5.18. The van der Waals surface area contributed by atoms with E-state index in [9.17, 15) is 18.8 Å². The van der Waals surface area contributed by atoms with Gasteiger partial charge in [-0.3, -0.25) is 13.9 Å². The summed E-state index contributed by atoms with van der Waals surface area (Å²) in [6.45, 7) is 0.544. The molecule has 2 aromatic rings. The van der Waals surface area contributed by atoms with Crippen LogP contribution in [0.3, 0.4) is 0 Å². The lowest BCUT2D eigenvalue weighted by molar-refractivity contribution is -0.141. The van der Waals surface area contributed by atoms with E-state index in [0.717, 1.165) is 11.8 Å². The molecule has 5 aliphatic rings. The van der Waals surface area contributed by atoms with Gasteiger partial charge in [-0.1, -0.05) is 0 Å². The number of hydrogen-bond donors (Lipinski definition) is 0. The highest BCUT2D eigenvalue weighted by Crippen LogP contribution is 2.54. The zero-order chi connectivity index (χ0) is 23.6. The third-order valence-corrected chi connectivity index (χ3v) is 8.60. The van der Waals surface area contributed by atoms with E-state index < -0.39 is 17.5 Å². The van der Waals surface area contributed by atoms with Gasteiger partial charge in [0.2, 0.25) is 0 Å². The molecule has 2 heterocycles. The molecule has 182 valence electrons. The lowest BCUT2D eigenvalue weighted by Crippen LogP contribution is -2.51. The van der Waals surface area contributed by atoms with E-state index in [4.69, 9.17) is 9.47 Å². The number of fused-ring (bicyclic) bond motifs is 1. The normalized spacial score (nSPS) is 31.9. The number of amides is 1. The molecule has 1 atom stereocenters. The largest absolute Gasteiger partial charge is 0.468 e. The average Bonchev–Trinajstić information content (AvgIpc) is 3.39. The molecule has 4 saturated carbocycles. The van der Waals surface area contributed by atoms with E-state index in [0.29, 0.717) is 42.4 Å². The lowest BCUT2D eigenvalue weighted by atomic mass is 9.55. The highest BCUT2D eigenvalue weighted by molar-refractivity contribution is 5.79. The summed E-state index contributed by atoms with van der Waals surface area (Å²) in [5.41, 5.74) is 0.467. The Balaban J connectivity index is 1.21. The number of imidazole rings is 1. The molecular formula is C25H30FN3O5. The van der Waals surface area contributed by atoms with Crippen molar-refractivity contribution in [2.45, 2.75) is 57.2 Å². The topological polar surface area (TPSA) is 82.8 Å². The summed E-state index contributed by atoms with van der Waals surface area (Å²) in [6.07, 6.45) is 6.39. The Hall–Kier alpha value is -2.84. The summed E-state index contributed by atoms with van der Waals surface area (Å²) in [7, 11) is 1.25. The van der Waals surface area contributed by atoms with Crippen LogP contribution in [0.5, 0.6) is 0 Å². The molecule has 9 heteroatoms. The fourth-order valence-electron chi connectivity index (χ4n) is 7.33. The van der Waals surface area contributed by atoms with Crippen LogP contribution in [0, 0.1) is 29.5 Å². The van der Waals surface area contributed by atoms with Crippen LogP contribution in [0.25, 0.3) is 11.0 Å². The summed E-state index contributed by atoms with van der Waals surface area (Å²) in [5, 5.41) is 0. The number of ether oxygens (including phenoxy) is 2. The molecule has 8 nitrogen and oxygen atoms in total. The number of esters is 1. The smallest absolute Gasteiger partial charge is 0.410 e. The Morgan fingerprint density at radius 1 is 1.06 bits per heavy atom. The van der Waals surface area contributed by atoms with Crippen molar-refractivity contribution in [1.29, 1.82) is 0 Å². The Labute approximate surface area is 196 Å². The fraction of sp³-hybridized carbons (Fsp3) is 0.640. The summed E-state index contributed by atoms with van der Waals surface area (Å²) in [6, 6.07) is 3.83. The predicted molar refractivity (Wildman–Crippen MR) is 121 cm³/mol. The summed E-state index contributed by atoms with van der Waals surface area (Å²) < 4.78 is 27.6. The van der Waals surface area contributed by atoms with Crippen LogP contribution < -0.4 is 5.69 Å². The first kappa shape index (κ1) is 21.7. The van der Waals surface area contributed by atoms with Gasteiger partial charge >= 0.3 is 17.8 Å². The number of hydrogen-bond acceptors (Lipinski definition) is 5. The summed E-state index contributed by atoms with van der Waals surface area (Å²) >= 11 is 0. The molecule has 0 N–H and O–H groups in total. The van der Waals surface area contributed by atoms with E-state index >= 15 is 0 Å². The second kappa shape index (κ2) is 8.13. The molecule has 4 aliphatic carbocycles. The number of likely N-dealkylation sites (tertiary alicyclic amines) is 1. The van der Waals surface area contributed by atoms with E-state index in [2.05, 4.69) is 0 Å². The van der Waals surface area contributed by atoms with E-state index in [1.54, 1.807) is 15.5 Å². The monoisotopic (exact) mass is 471 g/mol. The minimum atomic E-state index is -0.585. The zero-order valence-corrected chi connectivity index (χ0v) is 19.3. The minimum Gasteiger partial charge on any atom is -0.468 e. The molecule has 4 bridgehead atoms.